The Morgan fingerprint density at radius 2 is 1.88 bits per heavy atom. The van der Waals surface area contributed by atoms with E-state index in [1.807, 2.05) is 13.8 Å². The lowest BCUT2D eigenvalue weighted by Gasteiger charge is -2.20. The molecule has 1 aliphatic carbocycles. The third-order valence-electron chi connectivity index (χ3n) is 4.88. The summed E-state index contributed by atoms with van der Waals surface area (Å²) in [5.74, 6) is -1.02. The lowest BCUT2D eigenvalue weighted by Crippen LogP contribution is -2.31. The lowest BCUT2D eigenvalue weighted by atomic mass is 9.96. The van der Waals surface area contributed by atoms with Gasteiger partial charge in [-0.25, -0.2) is 4.79 Å². The Morgan fingerprint density at radius 3 is 2.58 bits per heavy atom. The number of imide groups is 1. The number of ketones is 1. The fourth-order valence-corrected chi connectivity index (χ4v) is 3.28. The van der Waals surface area contributed by atoms with Gasteiger partial charge in [-0.05, 0) is 49.8 Å². The fourth-order valence-electron chi connectivity index (χ4n) is 3.28. The zero-order valence-corrected chi connectivity index (χ0v) is 15.1. The molecule has 1 heterocycles. The molecule has 1 aromatic carbocycles. The van der Waals surface area contributed by atoms with Crippen LogP contribution in [-0.2, 0) is 9.53 Å². The maximum Gasteiger partial charge on any atom is 0.338 e. The molecule has 0 spiro atoms. The number of rotatable bonds is 5. The molecule has 1 fully saturated rings. The number of Topliss-reactive ketones (excluding diaryl/α,β-unsaturated/α-hetero) is 1. The third-order valence-corrected chi connectivity index (χ3v) is 4.88. The van der Waals surface area contributed by atoms with Crippen LogP contribution >= 0.6 is 0 Å². The van der Waals surface area contributed by atoms with Gasteiger partial charge in [0.25, 0.3) is 11.8 Å². The second-order valence-corrected chi connectivity index (χ2v) is 7.31. The minimum atomic E-state index is -0.704. The largest absolute Gasteiger partial charge is 0.451 e. The van der Waals surface area contributed by atoms with Gasteiger partial charge in [0.1, 0.15) is 0 Å². The molecule has 3 rings (SSSR count). The first-order chi connectivity index (χ1) is 12.4. The Bertz CT molecular complexity index is 767. The van der Waals surface area contributed by atoms with Crippen LogP contribution in [0.5, 0.6) is 0 Å². The molecule has 6 nitrogen and oxygen atoms in total. The van der Waals surface area contributed by atoms with E-state index in [0.29, 0.717) is 30.9 Å². The van der Waals surface area contributed by atoms with Crippen molar-refractivity contribution in [2.24, 2.45) is 5.92 Å². The van der Waals surface area contributed by atoms with Gasteiger partial charge in [-0.1, -0.05) is 13.8 Å². The molecule has 0 N–H and O–H groups in total. The van der Waals surface area contributed by atoms with E-state index in [1.54, 1.807) is 0 Å². The number of hydrogen-bond donors (Lipinski definition) is 0. The van der Waals surface area contributed by atoms with Crippen molar-refractivity contribution >= 4 is 23.6 Å². The molecule has 6 heteroatoms. The number of carbonyl (C=O) groups excluding carboxylic acids is 4. The molecule has 0 bridgehead atoms. The molecule has 2 amide bonds. The van der Waals surface area contributed by atoms with Gasteiger partial charge in [0.2, 0.25) is 0 Å². The van der Waals surface area contributed by atoms with Gasteiger partial charge >= 0.3 is 5.97 Å². The highest BCUT2D eigenvalue weighted by Crippen LogP contribution is 2.26. The predicted molar refractivity (Wildman–Crippen MR) is 93.9 cm³/mol. The van der Waals surface area contributed by atoms with Gasteiger partial charge in [-0.15, -0.1) is 0 Å². The zero-order chi connectivity index (χ0) is 18.8. The average molecular weight is 357 g/mol. The molecule has 1 aromatic rings. The van der Waals surface area contributed by atoms with E-state index in [4.69, 9.17) is 4.74 Å². The lowest BCUT2D eigenvalue weighted by molar-refractivity contribution is -0.129. The normalized spacial score (nSPS) is 19.9. The summed E-state index contributed by atoms with van der Waals surface area (Å²) >= 11 is 0. The van der Waals surface area contributed by atoms with Crippen LogP contribution in [0.1, 0.15) is 77.0 Å². The van der Waals surface area contributed by atoms with Gasteiger partial charge in [0.15, 0.2) is 11.9 Å². The first-order valence-corrected chi connectivity index (χ1v) is 9.12. The second-order valence-electron chi connectivity index (χ2n) is 7.31. The number of esters is 1. The minimum absolute atomic E-state index is 0.0584. The number of hydrogen-bond acceptors (Lipinski definition) is 5. The zero-order valence-electron chi connectivity index (χ0n) is 15.1. The van der Waals surface area contributed by atoms with E-state index in [9.17, 15) is 19.2 Å². The molecule has 0 aromatic heterocycles. The number of nitrogens with zero attached hydrogens (tertiary/aromatic N) is 1. The molecule has 1 atom stereocenters. The molecular formula is C20H23NO5. The van der Waals surface area contributed by atoms with Gasteiger partial charge < -0.3 is 4.74 Å². The fraction of sp³-hybridized carbons (Fsp3) is 0.500. The van der Waals surface area contributed by atoms with Gasteiger partial charge in [0, 0.05) is 13.0 Å². The maximum atomic E-state index is 12.5. The van der Waals surface area contributed by atoms with Gasteiger partial charge in [-0.2, -0.15) is 0 Å². The van der Waals surface area contributed by atoms with Crippen molar-refractivity contribution in [3.8, 4) is 0 Å². The number of ether oxygens (including phenoxy) is 1. The summed E-state index contributed by atoms with van der Waals surface area (Å²) in [5, 5.41) is 0. The van der Waals surface area contributed by atoms with Crippen LogP contribution in [0.25, 0.3) is 0 Å². The summed E-state index contributed by atoms with van der Waals surface area (Å²) in [6.07, 6.45) is 2.67. The Balaban J connectivity index is 1.75. The molecule has 26 heavy (non-hydrogen) atoms. The van der Waals surface area contributed by atoms with Crippen molar-refractivity contribution < 1.29 is 23.9 Å². The summed E-state index contributed by atoms with van der Waals surface area (Å²) < 4.78 is 5.32. The minimum Gasteiger partial charge on any atom is -0.451 e. The van der Waals surface area contributed by atoms with E-state index < -0.39 is 12.1 Å². The van der Waals surface area contributed by atoms with Gasteiger partial charge in [0.05, 0.1) is 16.7 Å². The van der Waals surface area contributed by atoms with E-state index in [-0.39, 0.29) is 28.7 Å². The first kappa shape index (κ1) is 18.3. The van der Waals surface area contributed by atoms with Crippen LogP contribution in [0.15, 0.2) is 18.2 Å². The summed E-state index contributed by atoms with van der Waals surface area (Å²) in [5.41, 5.74) is 0.723. The molecule has 2 aliphatic rings. The van der Waals surface area contributed by atoms with Crippen molar-refractivity contribution in [3.63, 3.8) is 0 Å². The molecule has 1 unspecified atom stereocenters. The molecule has 1 aliphatic heterocycles. The van der Waals surface area contributed by atoms with Crippen molar-refractivity contribution in [1.82, 2.24) is 4.90 Å². The summed E-state index contributed by atoms with van der Waals surface area (Å²) in [6.45, 7) is 4.41. The van der Waals surface area contributed by atoms with E-state index >= 15 is 0 Å². The monoisotopic (exact) mass is 357 g/mol. The van der Waals surface area contributed by atoms with Crippen molar-refractivity contribution in [3.05, 3.63) is 34.9 Å². The third kappa shape index (κ3) is 3.54. The highest BCUT2D eigenvalue weighted by Gasteiger charge is 2.36. The van der Waals surface area contributed by atoms with Crippen molar-refractivity contribution in [1.29, 1.82) is 0 Å². The molecule has 0 radical (unpaired) electrons. The Hall–Kier alpha value is -2.50. The Morgan fingerprint density at radius 1 is 1.15 bits per heavy atom. The van der Waals surface area contributed by atoms with E-state index in [2.05, 4.69) is 0 Å². The SMILES string of the molecule is CC(C)CCN1C(=O)c2ccc(C(=O)OC3CCCCC3=O)cc2C1=O. The average Bonchev–Trinajstić information content (AvgIpc) is 2.85. The second kappa shape index (κ2) is 7.40. The topological polar surface area (TPSA) is 80.8 Å². The maximum absolute atomic E-state index is 12.5. The van der Waals surface area contributed by atoms with Crippen LogP contribution < -0.4 is 0 Å². The quantitative estimate of drug-likeness (QED) is 0.598. The van der Waals surface area contributed by atoms with Crippen LogP contribution in [0.2, 0.25) is 0 Å². The molecule has 0 saturated heterocycles. The van der Waals surface area contributed by atoms with Crippen molar-refractivity contribution in [2.45, 2.75) is 52.1 Å². The number of carbonyl (C=O) groups is 4. The van der Waals surface area contributed by atoms with Crippen LogP contribution in [0.4, 0.5) is 0 Å². The number of fused-ring (bicyclic) bond motifs is 1. The molecule has 1 saturated carbocycles. The van der Waals surface area contributed by atoms with Crippen LogP contribution in [-0.4, -0.2) is 41.1 Å². The highest BCUT2D eigenvalue weighted by atomic mass is 16.5. The molecule has 138 valence electrons. The van der Waals surface area contributed by atoms with Crippen molar-refractivity contribution in [2.75, 3.05) is 6.54 Å². The number of benzene rings is 1. The van der Waals surface area contributed by atoms with E-state index in [0.717, 1.165) is 19.3 Å². The molecular weight excluding hydrogens is 334 g/mol. The first-order valence-electron chi connectivity index (χ1n) is 9.12. The van der Waals surface area contributed by atoms with Gasteiger partial charge in [-0.3, -0.25) is 19.3 Å². The standard InChI is InChI=1S/C20H23NO5/c1-12(2)9-10-21-18(23)14-8-7-13(11-15(14)19(21)24)20(25)26-17-6-4-3-5-16(17)22/h7-8,11-12,17H,3-6,9-10H2,1-2H3. The highest BCUT2D eigenvalue weighted by molar-refractivity contribution is 6.22. The Labute approximate surface area is 152 Å². The van der Waals surface area contributed by atoms with Crippen LogP contribution in [0, 0.1) is 5.92 Å². The van der Waals surface area contributed by atoms with Crippen LogP contribution in [0.3, 0.4) is 0 Å². The number of amides is 2. The smallest absolute Gasteiger partial charge is 0.338 e. The summed E-state index contributed by atoms with van der Waals surface area (Å²) in [4.78, 5) is 50.4. The van der Waals surface area contributed by atoms with E-state index in [1.165, 1.54) is 23.1 Å². The Kier molecular flexibility index (Phi) is 5.20. The summed E-state index contributed by atoms with van der Waals surface area (Å²) in [6, 6.07) is 4.37. The predicted octanol–water partition coefficient (Wildman–Crippen LogP) is 3.00. The summed E-state index contributed by atoms with van der Waals surface area (Å²) in [7, 11) is 0.